The van der Waals surface area contributed by atoms with E-state index >= 15 is 0 Å². The van der Waals surface area contributed by atoms with Gasteiger partial charge < -0.3 is 31.1 Å². The van der Waals surface area contributed by atoms with Crippen molar-refractivity contribution in [3.8, 4) is 0 Å². The molecule has 6 N–H and O–H groups in total. The van der Waals surface area contributed by atoms with Crippen molar-refractivity contribution in [2.75, 3.05) is 13.2 Å². The van der Waals surface area contributed by atoms with E-state index in [4.69, 9.17) is 20.8 Å². The number of fused-ring (bicyclic) bond motifs is 3. The highest BCUT2D eigenvalue weighted by Crippen LogP contribution is 2.56. The first-order chi connectivity index (χ1) is 16.9. The molecule has 1 aromatic carbocycles. The molecule has 1 aromatic rings. The Labute approximate surface area is 211 Å². The zero-order valence-electron chi connectivity index (χ0n) is 21.2. The number of carboxylic acids is 2. The summed E-state index contributed by atoms with van der Waals surface area (Å²) in [6.45, 7) is 9.37. The van der Waals surface area contributed by atoms with Crippen molar-refractivity contribution in [1.29, 1.82) is 0 Å². The van der Waals surface area contributed by atoms with Crippen LogP contribution in [0, 0.1) is 11.3 Å². The number of oxime groups is 2. The molecule has 198 valence electrons. The lowest BCUT2D eigenvalue weighted by Crippen LogP contribution is -2.58. The summed E-state index contributed by atoms with van der Waals surface area (Å²) in [5, 5.41) is 44.4. The van der Waals surface area contributed by atoms with E-state index in [0.29, 0.717) is 36.9 Å². The van der Waals surface area contributed by atoms with Gasteiger partial charge >= 0.3 is 11.9 Å². The Hall–Kier alpha value is -3.24. The van der Waals surface area contributed by atoms with Crippen LogP contribution in [-0.4, -0.2) is 63.6 Å². The predicted octanol–water partition coefficient (Wildman–Crippen LogP) is 3.10. The van der Waals surface area contributed by atoms with Crippen LogP contribution in [0.25, 0.3) is 0 Å². The molecule has 1 fully saturated rings. The topological polar surface area (TPSA) is 175 Å². The van der Waals surface area contributed by atoms with Gasteiger partial charge in [-0.2, -0.15) is 0 Å². The van der Waals surface area contributed by atoms with Gasteiger partial charge in [0, 0.05) is 35.6 Å². The number of aliphatic hydroxyl groups is 1. The molecule has 10 heteroatoms. The van der Waals surface area contributed by atoms with Crippen molar-refractivity contribution < 1.29 is 35.0 Å². The van der Waals surface area contributed by atoms with Gasteiger partial charge in [-0.05, 0) is 41.4 Å². The molecule has 4 atom stereocenters. The molecule has 0 aromatic heterocycles. The standard InChI is InChI=1S/C22H33N3O3.C4H4O4/c1-14(2)15-6-7-17-16(12-15)18(25-27)19(26)20-21(3,13-24-28-11-10-23)8-5-9-22(17,20)4;5-3(6)1-2-4(7)8/h6-7,12-14,19-20,26-27H,5,8-11,23H2,1-4H3;1-2H,(H,5,6)(H,7,8)/b24-13+,25-18+;2-1+/t19-,20-,21-,22+;/m0./s1. The van der Waals surface area contributed by atoms with Gasteiger partial charge in [-0.1, -0.05) is 56.6 Å². The monoisotopic (exact) mass is 503 g/mol. The van der Waals surface area contributed by atoms with E-state index in [1.54, 1.807) is 0 Å². The zero-order chi connectivity index (χ0) is 27.1. The lowest BCUT2D eigenvalue weighted by Gasteiger charge is -2.55. The van der Waals surface area contributed by atoms with Crippen LogP contribution < -0.4 is 5.73 Å². The third-order valence-electron chi connectivity index (χ3n) is 7.11. The van der Waals surface area contributed by atoms with E-state index in [1.807, 2.05) is 6.21 Å². The number of nitrogens with two attached hydrogens (primary N) is 1. The molecule has 1 saturated carbocycles. The van der Waals surface area contributed by atoms with Gasteiger partial charge in [0.05, 0.1) is 6.21 Å². The van der Waals surface area contributed by atoms with Crippen molar-refractivity contribution in [3.63, 3.8) is 0 Å². The molecule has 10 nitrogen and oxygen atoms in total. The Morgan fingerprint density at radius 1 is 1.19 bits per heavy atom. The van der Waals surface area contributed by atoms with Crippen LogP contribution in [-0.2, 0) is 19.8 Å². The van der Waals surface area contributed by atoms with Crippen LogP contribution in [0.4, 0.5) is 0 Å². The quantitative estimate of drug-likeness (QED) is 0.124. The first kappa shape index (κ1) is 29.0. The van der Waals surface area contributed by atoms with Gasteiger partial charge in [-0.3, -0.25) is 0 Å². The zero-order valence-corrected chi connectivity index (χ0v) is 21.2. The summed E-state index contributed by atoms with van der Waals surface area (Å²) in [7, 11) is 0. The summed E-state index contributed by atoms with van der Waals surface area (Å²) in [5.41, 5.74) is 8.37. The maximum atomic E-state index is 11.3. The third-order valence-corrected chi connectivity index (χ3v) is 7.11. The Bertz CT molecular complexity index is 1020. The summed E-state index contributed by atoms with van der Waals surface area (Å²) in [4.78, 5) is 24.4. The molecule has 3 rings (SSSR count). The number of benzene rings is 1. The van der Waals surface area contributed by atoms with Gasteiger partial charge in [0.2, 0.25) is 0 Å². The van der Waals surface area contributed by atoms with Crippen LogP contribution in [0.1, 0.15) is 69.6 Å². The smallest absolute Gasteiger partial charge is 0.328 e. The molecule has 0 bridgehead atoms. The van der Waals surface area contributed by atoms with E-state index < -0.39 is 18.0 Å². The number of rotatable bonds is 7. The van der Waals surface area contributed by atoms with Crippen LogP contribution in [0.2, 0.25) is 0 Å². The molecule has 0 saturated heterocycles. The van der Waals surface area contributed by atoms with Crippen molar-refractivity contribution in [2.24, 2.45) is 27.4 Å². The first-order valence-corrected chi connectivity index (χ1v) is 12.0. The molecule has 0 unspecified atom stereocenters. The minimum absolute atomic E-state index is 0.165. The normalized spacial score (nSPS) is 28.5. The summed E-state index contributed by atoms with van der Waals surface area (Å²) in [5.74, 6) is -2.32. The second kappa shape index (κ2) is 12.1. The summed E-state index contributed by atoms with van der Waals surface area (Å²) in [6.07, 6.45) is 4.93. The van der Waals surface area contributed by atoms with Crippen LogP contribution in [0.5, 0.6) is 0 Å². The van der Waals surface area contributed by atoms with Gasteiger partial charge in [-0.15, -0.1) is 0 Å². The molecular formula is C26H37N3O7. The number of carbonyl (C=O) groups is 2. The van der Waals surface area contributed by atoms with Gasteiger partial charge in [-0.25, -0.2) is 9.59 Å². The molecule has 2 aliphatic carbocycles. The number of carboxylic acid groups (broad SMARTS) is 2. The first-order valence-electron chi connectivity index (χ1n) is 12.0. The SMILES string of the molecule is CC(C)c1ccc2c(c1)/C(=N\O)[C@H](O)[C@H]1[C@](C)(/C=N/OCCN)CCC[C@]21C.O=C(O)/C=C/C(=O)O. The van der Waals surface area contributed by atoms with E-state index in [2.05, 4.69) is 56.2 Å². The van der Waals surface area contributed by atoms with Gasteiger partial charge in [0.25, 0.3) is 0 Å². The fraction of sp³-hybridized carbons (Fsp3) is 0.538. The average Bonchev–Trinajstić information content (AvgIpc) is 2.81. The number of aliphatic carboxylic acids is 2. The van der Waals surface area contributed by atoms with Crippen molar-refractivity contribution in [3.05, 3.63) is 47.0 Å². The molecule has 36 heavy (non-hydrogen) atoms. The molecule has 0 spiro atoms. The second-order valence-corrected chi connectivity index (χ2v) is 10.0. The second-order valence-electron chi connectivity index (χ2n) is 10.0. The summed E-state index contributed by atoms with van der Waals surface area (Å²) < 4.78 is 0. The summed E-state index contributed by atoms with van der Waals surface area (Å²) >= 11 is 0. The van der Waals surface area contributed by atoms with Crippen molar-refractivity contribution >= 4 is 23.9 Å². The van der Waals surface area contributed by atoms with Gasteiger partial charge in [0.15, 0.2) is 0 Å². The van der Waals surface area contributed by atoms with E-state index in [9.17, 15) is 19.9 Å². The highest BCUT2D eigenvalue weighted by Gasteiger charge is 2.57. The number of aliphatic hydroxyl groups excluding tert-OH is 1. The number of hydrogen-bond acceptors (Lipinski definition) is 8. The maximum absolute atomic E-state index is 11.3. The minimum Gasteiger partial charge on any atom is -0.478 e. The van der Waals surface area contributed by atoms with Crippen LogP contribution in [0.3, 0.4) is 0 Å². The van der Waals surface area contributed by atoms with Crippen LogP contribution in [0.15, 0.2) is 40.7 Å². The lowest BCUT2D eigenvalue weighted by atomic mass is 9.49. The van der Waals surface area contributed by atoms with Crippen LogP contribution >= 0.6 is 0 Å². The summed E-state index contributed by atoms with van der Waals surface area (Å²) in [6, 6.07) is 6.38. The lowest BCUT2D eigenvalue weighted by molar-refractivity contribution is -0.134. The number of nitrogens with zero attached hydrogens (tertiary/aromatic N) is 2. The fourth-order valence-electron chi connectivity index (χ4n) is 5.50. The van der Waals surface area contributed by atoms with E-state index in [1.165, 1.54) is 5.56 Å². The van der Waals surface area contributed by atoms with E-state index in [-0.39, 0.29) is 16.7 Å². The molecule has 0 aliphatic heterocycles. The fourth-order valence-corrected chi connectivity index (χ4v) is 5.50. The average molecular weight is 504 g/mol. The molecule has 0 radical (unpaired) electrons. The minimum atomic E-state index is -1.26. The molecule has 0 amide bonds. The van der Waals surface area contributed by atoms with Crippen molar-refractivity contribution in [2.45, 2.75) is 64.4 Å². The van der Waals surface area contributed by atoms with Gasteiger partial charge in [0.1, 0.15) is 18.4 Å². The Morgan fingerprint density at radius 3 is 2.36 bits per heavy atom. The van der Waals surface area contributed by atoms with E-state index in [0.717, 1.165) is 30.4 Å². The molecule has 0 heterocycles. The predicted molar refractivity (Wildman–Crippen MR) is 136 cm³/mol. The third kappa shape index (κ3) is 6.30. The number of hydrogen-bond donors (Lipinski definition) is 5. The molecular weight excluding hydrogens is 466 g/mol. The highest BCUT2D eigenvalue weighted by atomic mass is 16.6. The Balaban J connectivity index is 0.000000493. The Morgan fingerprint density at radius 2 is 1.83 bits per heavy atom. The Kier molecular flexibility index (Phi) is 9.77. The maximum Gasteiger partial charge on any atom is 0.328 e. The highest BCUT2D eigenvalue weighted by molar-refractivity contribution is 6.07. The van der Waals surface area contributed by atoms with Crippen molar-refractivity contribution in [1.82, 2.24) is 0 Å². The largest absolute Gasteiger partial charge is 0.478 e. The molecule has 2 aliphatic rings.